The molecule has 1 heterocycles. The minimum Gasteiger partial charge on any atom is -0.487 e. The van der Waals surface area contributed by atoms with Crippen LogP contribution < -0.4 is 9.46 Å². The first-order chi connectivity index (χ1) is 8.55. The number of benzene rings is 1. The maximum Gasteiger partial charge on any atom is 0.240 e. The van der Waals surface area contributed by atoms with Gasteiger partial charge in [-0.05, 0) is 62.9 Å². The van der Waals surface area contributed by atoms with E-state index in [1.165, 1.54) is 13.5 Å². The van der Waals surface area contributed by atoms with Gasteiger partial charge in [0.15, 0.2) is 0 Å². The second-order valence-electron chi connectivity index (χ2n) is 5.12. The van der Waals surface area contributed by atoms with Gasteiger partial charge < -0.3 is 4.74 Å². The van der Waals surface area contributed by atoms with Crippen LogP contribution in [0.4, 0.5) is 0 Å². The molecule has 0 amide bonds. The van der Waals surface area contributed by atoms with Crippen LogP contribution in [0.2, 0.25) is 0 Å². The van der Waals surface area contributed by atoms with E-state index in [0.717, 1.165) is 37.0 Å². The lowest BCUT2D eigenvalue weighted by atomic mass is 9.74. The zero-order valence-corrected chi connectivity index (χ0v) is 11.2. The van der Waals surface area contributed by atoms with Crippen LogP contribution in [0.25, 0.3) is 0 Å². The largest absolute Gasteiger partial charge is 0.487 e. The fraction of sp³-hybridized carbons (Fsp3) is 0.538. The van der Waals surface area contributed by atoms with Gasteiger partial charge in [-0.25, -0.2) is 13.1 Å². The predicted octanol–water partition coefficient (Wildman–Crippen LogP) is 1.84. The summed E-state index contributed by atoms with van der Waals surface area (Å²) >= 11 is 0. The Morgan fingerprint density at radius 3 is 2.67 bits per heavy atom. The Morgan fingerprint density at radius 2 is 2.06 bits per heavy atom. The van der Waals surface area contributed by atoms with Crippen molar-refractivity contribution in [3.05, 3.63) is 23.8 Å². The van der Waals surface area contributed by atoms with Crippen molar-refractivity contribution in [2.45, 2.75) is 42.6 Å². The minimum atomic E-state index is -3.36. The Kier molecular flexibility index (Phi) is 2.64. The average Bonchev–Trinajstić information content (AvgIpc) is 2.35. The molecule has 1 aliphatic carbocycles. The van der Waals surface area contributed by atoms with Crippen molar-refractivity contribution in [2.75, 3.05) is 7.05 Å². The summed E-state index contributed by atoms with van der Waals surface area (Å²) in [6.07, 6.45) is 5.40. The van der Waals surface area contributed by atoms with Gasteiger partial charge in [-0.3, -0.25) is 0 Å². The van der Waals surface area contributed by atoms with E-state index in [4.69, 9.17) is 4.74 Å². The number of sulfonamides is 1. The fourth-order valence-electron chi connectivity index (χ4n) is 2.71. The van der Waals surface area contributed by atoms with E-state index in [-0.39, 0.29) is 5.60 Å². The molecule has 18 heavy (non-hydrogen) atoms. The maximum atomic E-state index is 11.7. The van der Waals surface area contributed by atoms with Crippen molar-refractivity contribution in [3.63, 3.8) is 0 Å². The Morgan fingerprint density at radius 1 is 1.28 bits per heavy atom. The van der Waals surface area contributed by atoms with Crippen LogP contribution in [0.3, 0.4) is 0 Å². The third-order valence-electron chi connectivity index (χ3n) is 4.05. The van der Waals surface area contributed by atoms with E-state index in [9.17, 15) is 8.42 Å². The average molecular weight is 267 g/mol. The van der Waals surface area contributed by atoms with E-state index in [1.807, 2.05) is 0 Å². The Hall–Kier alpha value is -1.07. The van der Waals surface area contributed by atoms with Crippen molar-refractivity contribution in [1.29, 1.82) is 0 Å². The number of hydrogen-bond donors (Lipinski definition) is 1. The van der Waals surface area contributed by atoms with Gasteiger partial charge in [-0.2, -0.15) is 0 Å². The van der Waals surface area contributed by atoms with Gasteiger partial charge in [0.1, 0.15) is 11.4 Å². The van der Waals surface area contributed by atoms with Crippen molar-refractivity contribution < 1.29 is 13.2 Å². The van der Waals surface area contributed by atoms with Gasteiger partial charge in [-0.15, -0.1) is 0 Å². The van der Waals surface area contributed by atoms with Crippen LogP contribution >= 0.6 is 0 Å². The quantitative estimate of drug-likeness (QED) is 0.889. The van der Waals surface area contributed by atoms with Gasteiger partial charge >= 0.3 is 0 Å². The number of hydrogen-bond acceptors (Lipinski definition) is 3. The summed E-state index contributed by atoms with van der Waals surface area (Å²) in [5.74, 6) is 0.857. The van der Waals surface area contributed by atoms with Crippen LogP contribution in [0.5, 0.6) is 5.75 Å². The van der Waals surface area contributed by atoms with Crippen LogP contribution in [0.1, 0.15) is 31.2 Å². The number of ether oxygens (including phenoxy) is 1. The third-order valence-corrected chi connectivity index (χ3v) is 5.46. The summed E-state index contributed by atoms with van der Waals surface area (Å²) < 4.78 is 31.8. The van der Waals surface area contributed by atoms with Crippen molar-refractivity contribution in [2.24, 2.45) is 0 Å². The van der Waals surface area contributed by atoms with E-state index in [2.05, 4.69) is 4.72 Å². The minimum absolute atomic E-state index is 0.0520. The molecule has 1 fully saturated rings. The highest BCUT2D eigenvalue weighted by atomic mass is 32.2. The smallest absolute Gasteiger partial charge is 0.240 e. The Bertz CT molecular complexity index is 576. The van der Waals surface area contributed by atoms with E-state index in [0.29, 0.717) is 4.90 Å². The molecule has 0 radical (unpaired) electrons. The monoisotopic (exact) mass is 267 g/mol. The topological polar surface area (TPSA) is 55.4 Å². The molecule has 1 aromatic rings. The highest BCUT2D eigenvalue weighted by molar-refractivity contribution is 7.89. The highest BCUT2D eigenvalue weighted by Gasteiger charge is 2.41. The molecular formula is C13H17NO3S. The number of rotatable bonds is 2. The molecule has 1 aliphatic heterocycles. The predicted molar refractivity (Wildman–Crippen MR) is 68.2 cm³/mol. The zero-order valence-electron chi connectivity index (χ0n) is 10.4. The molecule has 98 valence electrons. The van der Waals surface area contributed by atoms with Gasteiger partial charge in [0.05, 0.1) is 4.90 Å². The molecule has 0 saturated heterocycles. The number of nitrogens with one attached hydrogen (secondary N) is 1. The van der Waals surface area contributed by atoms with Crippen molar-refractivity contribution in [1.82, 2.24) is 4.72 Å². The lowest BCUT2D eigenvalue weighted by molar-refractivity contribution is -0.0250. The maximum absolute atomic E-state index is 11.7. The molecule has 5 heteroatoms. The first-order valence-corrected chi connectivity index (χ1v) is 7.79. The standard InChI is InChI=1S/C13H17NO3S/c1-14-18(15,16)11-3-4-12-10(9-11)5-8-13(17-12)6-2-7-13/h3-4,9,14H,2,5-8H2,1H3. The summed E-state index contributed by atoms with van der Waals surface area (Å²) in [7, 11) is -1.93. The molecule has 0 aromatic heterocycles. The van der Waals surface area contributed by atoms with Crippen LogP contribution in [0, 0.1) is 0 Å². The summed E-state index contributed by atoms with van der Waals surface area (Å²) in [5.41, 5.74) is 1.06. The van der Waals surface area contributed by atoms with Crippen molar-refractivity contribution >= 4 is 10.0 Å². The lowest BCUT2D eigenvalue weighted by Crippen LogP contribution is -2.45. The summed E-state index contributed by atoms with van der Waals surface area (Å²) in [6.45, 7) is 0. The molecule has 4 nitrogen and oxygen atoms in total. The summed E-state index contributed by atoms with van der Waals surface area (Å²) in [5, 5.41) is 0. The fourth-order valence-corrected chi connectivity index (χ4v) is 3.49. The zero-order chi connectivity index (χ0) is 12.8. The molecular weight excluding hydrogens is 250 g/mol. The number of aryl methyl sites for hydroxylation is 1. The molecule has 2 aliphatic rings. The summed E-state index contributed by atoms with van der Waals surface area (Å²) in [4.78, 5) is 0.317. The van der Waals surface area contributed by atoms with Crippen molar-refractivity contribution in [3.8, 4) is 5.75 Å². The molecule has 0 unspecified atom stereocenters. The molecule has 1 aromatic carbocycles. The molecule has 0 bridgehead atoms. The second kappa shape index (κ2) is 3.96. The molecule has 1 N–H and O–H groups in total. The van der Waals surface area contributed by atoms with Gasteiger partial charge in [-0.1, -0.05) is 0 Å². The first-order valence-electron chi connectivity index (χ1n) is 6.30. The molecule has 0 atom stereocenters. The van der Waals surface area contributed by atoms with Crippen LogP contribution in [0.15, 0.2) is 23.1 Å². The van der Waals surface area contributed by atoms with E-state index in [1.54, 1.807) is 18.2 Å². The highest BCUT2D eigenvalue weighted by Crippen LogP contribution is 2.45. The summed E-state index contributed by atoms with van der Waals surface area (Å²) in [6, 6.07) is 5.13. The molecule has 1 saturated carbocycles. The van der Waals surface area contributed by atoms with Gasteiger partial charge in [0.2, 0.25) is 10.0 Å². The molecule has 1 spiro atoms. The SMILES string of the molecule is CNS(=O)(=O)c1ccc2c(c1)CCC1(CCC1)O2. The normalized spacial score (nSPS) is 20.9. The van der Waals surface area contributed by atoms with Crippen LogP contribution in [-0.2, 0) is 16.4 Å². The molecule has 3 rings (SSSR count). The first kappa shape index (κ1) is 12.0. The Labute approximate surface area is 107 Å². The van der Waals surface area contributed by atoms with Gasteiger partial charge in [0.25, 0.3) is 0 Å². The Balaban J connectivity index is 1.94. The number of fused-ring (bicyclic) bond motifs is 1. The van der Waals surface area contributed by atoms with E-state index >= 15 is 0 Å². The third kappa shape index (κ3) is 1.82. The second-order valence-corrected chi connectivity index (χ2v) is 7.00. The van der Waals surface area contributed by atoms with Gasteiger partial charge in [0, 0.05) is 0 Å². The lowest BCUT2D eigenvalue weighted by Gasteiger charge is -2.45. The van der Waals surface area contributed by atoms with E-state index < -0.39 is 10.0 Å². The van der Waals surface area contributed by atoms with Crippen LogP contribution in [-0.4, -0.2) is 21.1 Å².